The van der Waals surface area contributed by atoms with E-state index >= 15 is 0 Å². The lowest BCUT2D eigenvalue weighted by Crippen LogP contribution is -2.42. The molecule has 0 radical (unpaired) electrons. The average molecular weight is 457 g/mol. The molecule has 0 fully saturated rings. The highest BCUT2D eigenvalue weighted by Crippen LogP contribution is 2.37. The molecule has 2 amide bonds. The van der Waals surface area contributed by atoms with Crippen LogP contribution < -0.4 is 22.1 Å². The van der Waals surface area contributed by atoms with Crippen molar-refractivity contribution < 1.29 is 9.59 Å². The van der Waals surface area contributed by atoms with Gasteiger partial charge < -0.3 is 10.3 Å². The number of hydrazine groups is 1. The van der Waals surface area contributed by atoms with Gasteiger partial charge in [-0.05, 0) is 24.1 Å². The Bertz CT molecular complexity index is 963. The second kappa shape index (κ2) is 10.2. The predicted molar refractivity (Wildman–Crippen MR) is 117 cm³/mol. The molecule has 0 aliphatic carbocycles. The van der Waals surface area contributed by atoms with Crippen molar-refractivity contribution in [2.75, 3.05) is 5.75 Å². The lowest BCUT2D eigenvalue weighted by Gasteiger charge is -2.15. The normalized spacial score (nSPS) is 14.7. The number of thioether (sulfide) groups is 1. The van der Waals surface area contributed by atoms with Gasteiger partial charge in [0.25, 0.3) is 11.5 Å². The van der Waals surface area contributed by atoms with Crippen LogP contribution in [-0.2, 0) is 11.3 Å². The molecule has 3 rings (SSSR count). The third kappa shape index (κ3) is 5.33. The molecule has 1 atom stereocenters. The van der Waals surface area contributed by atoms with Gasteiger partial charge >= 0.3 is 0 Å². The van der Waals surface area contributed by atoms with E-state index in [0.717, 1.165) is 5.56 Å². The molecule has 0 spiro atoms. The number of nitrogens with one attached hydrogen (secondary N) is 2. The van der Waals surface area contributed by atoms with Crippen LogP contribution in [0.4, 0.5) is 0 Å². The molecule has 0 unspecified atom stereocenters. The monoisotopic (exact) mass is 456 g/mol. The van der Waals surface area contributed by atoms with Gasteiger partial charge in [0.2, 0.25) is 5.91 Å². The number of benzene rings is 1. The summed E-state index contributed by atoms with van der Waals surface area (Å²) in [4.78, 5) is 37.8. The van der Waals surface area contributed by atoms with Crippen LogP contribution in [0.1, 0.15) is 47.3 Å². The van der Waals surface area contributed by atoms with Gasteiger partial charge in [0.1, 0.15) is 0 Å². The topological polar surface area (TPSA) is 106 Å². The van der Waals surface area contributed by atoms with Crippen LogP contribution in [-0.4, -0.2) is 22.1 Å². The fraction of sp³-hybridized carbons (Fsp3) is 0.316. The minimum Gasteiger partial charge on any atom is -0.323 e. The van der Waals surface area contributed by atoms with E-state index in [2.05, 4.69) is 10.9 Å². The Labute approximate surface area is 183 Å². The number of hydrogen-bond donors (Lipinski definition) is 3. The fourth-order valence-electron chi connectivity index (χ4n) is 2.96. The van der Waals surface area contributed by atoms with Crippen LogP contribution in [0.25, 0.3) is 0 Å². The fourth-order valence-corrected chi connectivity index (χ4v) is 4.29. The molecule has 29 heavy (non-hydrogen) atoms. The highest BCUT2D eigenvalue weighted by Gasteiger charge is 2.30. The number of fused-ring (bicyclic) bond motifs is 1. The maximum atomic E-state index is 12.9. The largest absolute Gasteiger partial charge is 0.323 e. The zero-order chi connectivity index (χ0) is 20.3. The Balaban J connectivity index is 0.00000300. The van der Waals surface area contributed by atoms with Crippen molar-refractivity contribution in [2.45, 2.75) is 37.2 Å². The summed E-state index contributed by atoms with van der Waals surface area (Å²) in [6.07, 6.45) is 2.50. The summed E-state index contributed by atoms with van der Waals surface area (Å²) in [5.74, 6) is -0.226. The van der Waals surface area contributed by atoms with Crippen molar-refractivity contribution in [2.24, 2.45) is 5.73 Å². The molecule has 0 bridgehead atoms. The predicted octanol–water partition coefficient (Wildman–Crippen LogP) is 2.64. The van der Waals surface area contributed by atoms with Gasteiger partial charge in [-0.15, -0.1) is 24.2 Å². The summed E-state index contributed by atoms with van der Waals surface area (Å²) in [5, 5.41) is 0.603. The number of carbonyl (C=O) groups is 2. The average Bonchev–Trinajstić information content (AvgIpc) is 3.06. The molecular formula is C19H22Cl2N4O3S. The smallest absolute Gasteiger partial charge is 0.272 e. The summed E-state index contributed by atoms with van der Waals surface area (Å²) in [6, 6.07) is 6.69. The minimum absolute atomic E-state index is 0. The highest BCUT2D eigenvalue weighted by molar-refractivity contribution is 7.99. The SMILES string of the molecule is CCCC(=O)NNC(=O)c1cn(Cc2ccc(Cl)cc2)c(=O)c2c1SC[C@@H]2N.Cl. The summed E-state index contributed by atoms with van der Waals surface area (Å²) >= 11 is 7.29. The Morgan fingerprint density at radius 1 is 1.28 bits per heavy atom. The van der Waals surface area contributed by atoms with Gasteiger partial charge in [0, 0.05) is 39.9 Å². The lowest BCUT2D eigenvalue weighted by atomic mass is 10.1. The number of pyridine rings is 1. The third-order valence-corrected chi connectivity index (χ3v) is 5.85. The first-order valence-electron chi connectivity index (χ1n) is 8.90. The lowest BCUT2D eigenvalue weighted by molar-refractivity contribution is -0.121. The minimum atomic E-state index is -0.479. The Morgan fingerprint density at radius 2 is 1.97 bits per heavy atom. The summed E-state index contributed by atoms with van der Waals surface area (Å²) in [6.45, 7) is 2.15. The maximum absolute atomic E-state index is 12.9. The summed E-state index contributed by atoms with van der Waals surface area (Å²) < 4.78 is 1.47. The van der Waals surface area contributed by atoms with E-state index in [1.54, 1.807) is 12.1 Å². The molecule has 2 aromatic rings. The molecule has 7 nitrogen and oxygen atoms in total. The van der Waals surface area contributed by atoms with E-state index in [1.165, 1.54) is 22.5 Å². The van der Waals surface area contributed by atoms with Crippen LogP contribution in [0.15, 0.2) is 40.2 Å². The van der Waals surface area contributed by atoms with Gasteiger partial charge in [-0.3, -0.25) is 25.2 Å². The molecule has 1 aromatic heterocycles. The van der Waals surface area contributed by atoms with E-state index in [9.17, 15) is 14.4 Å². The number of nitrogens with zero attached hydrogens (tertiary/aromatic N) is 1. The standard InChI is InChI=1S/C19H21ClN4O3S.ClH/c1-2-3-15(25)22-23-18(26)13-9-24(8-11-4-6-12(20)7-5-11)19(27)16-14(21)10-28-17(13)16;/h4-7,9,14H,2-3,8,10,21H2,1H3,(H,22,25)(H,23,26);1H/t14-;/m0./s1. The Hall–Kier alpha value is -2.00. The Kier molecular flexibility index (Phi) is 8.15. The van der Waals surface area contributed by atoms with E-state index in [1.807, 2.05) is 19.1 Å². The number of hydrogen-bond acceptors (Lipinski definition) is 5. The van der Waals surface area contributed by atoms with Crippen molar-refractivity contribution in [3.05, 3.63) is 62.5 Å². The zero-order valence-electron chi connectivity index (χ0n) is 15.7. The molecule has 1 aliphatic heterocycles. The van der Waals surface area contributed by atoms with Crippen molar-refractivity contribution in [1.82, 2.24) is 15.4 Å². The number of nitrogens with two attached hydrogens (primary N) is 1. The number of carbonyl (C=O) groups excluding carboxylic acids is 2. The second-order valence-electron chi connectivity index (χ2n) is 6.51. The molecular weight excluding hydrogens is 435 g/mol. The van der Waals surface area contributed by atoms with Gasteiger partial charge in [0.15, 0.2) is 0 Å². The molecule has 1 aliphatic rings. The van der Waals surface area contributed by atoms with Crippen LogP contribution in [0.3, 0.4) is 0 Å². The van der Waals surface area contributed by atoms with E-state index in [-0.39, 0.29) is 30.4 Å². The van der Waals surface area contributed by atoms with Crippen molar-refractivity contribution in [3.8, 4) is 0 Å². The second-order valence-corrected chi connectivity index (χ2v) is 7.98. The molecule has 0 saturated heterocycles. The van der Waals surface area contributed by atoms with Gasteiger partial charge in [-0.1, -0.05) is 30.7 Å². The van der Waals surface area contributed by atoms with Gasteiger partial charge in [-0.2, -0.15) is 0 Å². The van der Waals surface area contributed by atoms with E-state index in [0.29, 0.717) is 39.6 Å². The number of aromatic nitrogens is 1. The van der Waals surface area contributed by atoms with Crippen molar-refractivity contribution in [1.29, 1.82) is 0 Å². The first-order valence-corrected chi connectivity index (χ1v) is 10.3. The van der Waals surface area contributed by atoms with Crippen LogP contribution in [0.2, 0.25) is 5.02 Å². The summed E-state index contributed by atoms with van der Waals surface area (Å²) in [5.41, 5.74) is 12.3. The van der Waals surface area contributed by atoms with Crippen LogP contribution in [0.5, 0.6) is 0 Å². The molecule has 2 heterocycles. The Morgan fingerprint density at radius 3 is 2.62 bits per heavy atom. The van der Waals surface area contributed by atoms with Crippen LogP contribution in [0, 0.1) is 0 Å². The quantitative estimate of drug-likeness (QED) is 0.599. The molecule has 10 heteroatoms. The van der Waals surface area contributed by atoms with Gasteiger partial charge in [-0.25, -0.2) is 0 Å². The summed E-state index contributed by atoms with van der Waals surface area (Å²) in [7, 11) is 0. The molecule has 0 saturated carbocycles. The number of halogens is 2. The van der Waals surface area contributed by atoms with E-state index < -0.39 is 11.9 Å². The number of rotatable bonds is 5. The van der Waals surface area contributed by atoms with E-state index in [4.69, 9.17) is 17.3 Å². The molecule has 4 N–H and O–H groups in total. The maximum Gasteiger partial charge on any atom is 0.272 e. The first kappa shape index (κ1) is 23.3. The highest BCUT2D eigenvalue weighted by atomic mass is 35.5. The van der Waals surface area contributed by atoms with Gasteiger partial charge in [0.05, 0.1) is 12.1 Å². The third-order valence-electron chi connectivity index (χ3n) is 4.35. The van der Waals surface area contributed by atoms with Crippen molar-refractivity contribution >= 4 is 47.6 Å². The van der Waals surface area contributed by atoms with Crippen LogP contribution >= 0.6 is 35.8 Å². The first-order chi connectivity index (χ1) is 13.4. The zero-order valence-corrected chi connectivity index (χ0v) is 18.1. The van der Waals surface area contributed by atoms with Crippen molar-refractivity contribution in [3.63, 3.8) is 0 Å². The molecule has 156 valence electrons. The number of amides is 2. The molecule has 1 aromatic carbocycles.